The van der Waals surface area contributed by atoms with Gasteiger partial charge in [0.25, 0.3) is 0 Å². The number of carbonyl (C=O) groups is 2. The zero-order valence-electron chi connectivity index (χ0n) is 16.8. The number of aryl methyl sites for hydroxylation is 2. The molecule has 1 aliphatic carbocycles. The highest BCUT2D eigenvalue weighted by molar-refractivity contribution is 5.94. The second-order valence-corrected chi connectivity index (χ2v) is 8.08. The summed E-state index contributed by atoms with van der Waals surface area (Å²) in [5, 5.41) is 5.56. The normalized spacial score (nSPS) is 15.2. The highest BCUT2D eigenvalue weighted by atomic mass is 19.1. The molecule has 1 aliphatic rings. The van der Waals surface area contributed by atoms with Gasteiger partial charge in [-0.05, 0) is 67.5 Å². The van der Waals surface area contributed by atoms with E-state index >= 15 is 0 Å². The molecule has 0 saturated heterocycles. The predicted octanol–water partition coefficient (Wildman–Crippen LogP) is 5.50. The minimum atomic E-state index is -0.434. The first-order chi connectivity index (χ1) is 13.8. The zero-order chi connectivity index (χ0) is 21.0. The first-order valence-corrected chi connectivity index (χ1v) is 9.88. The first-order valence-electron chi connectivity index (χ1n) is 9.88. The van der Waals surface area contributed by atoms with Crippen LogP contribution in [0.15, 0.2) is 36.4 Å². The fraction of sp³-hybridized carbons (Fsp3) is 0.391. The number of benzene rings is 2. The van der Waals surface area contributed by atoms with Crippen LogP contribution in [0.5, 0.6) is 0 Å². The summed E-state index contributed by atoms with van der Waals surface area (Å²) >= 11 is 0. The second-order valence-electron chi connectivity index (χ2n) is 8.08. The first kappa shape index (κ1) is 21.0. The molecule has 6 heteroatoms. The largest absolute Gasteiger partial charge is 0.326 e. The molecule has 0 aromatic heterocycles. The van der Waals surface area contributed by atoms with E-state index in [9.17, 15) is 18.4 Å². The Balaban J connectivity index is 1.67. The average Bonchev–Trinajstić information content (AvgIpc) is 3.08. The Morgan fingerprint density at radius 1 is 0.828 bits per heavy atom. The van der Waals surface area contributed by atoms with Crippen LogP contribution in [0.25, 0.3) is 0 Å². The molecule has 0 aliphatic heterocycles. The van der Waals surface area contributed by atoms with Gasteiger partial charge in [0.2, 0.25) is 11.8 Å². The van der Waals surface area contributed by atoms with Crippen LogP contribution >= 0.6 is 0 Å². The fourth-order valence-corrected chi connectivity index (χ4v) is 4.07. The molecule has 1 saturated carbocycles. The molecular weight excluding hydrogens is 374 g/mol. The van der Waals surface area contributed by atoms with E-state index in [-0.39, 0.29) is 24.7 Å². The Morgan fingerprint density at radius 3 is 1.66 bits per heavy atom. The second kappa shape index (κ2) is 8.72. The van der Waals surface area contributed by atoms with E-state index in [0.717, 1.165) is 36.8 Å². The average molecular weight is 400 g/mol. The highest BCUT2D eigenvalue weighted by Crippen LogP contribution is 2.44. The van der Waals surface area contributed by atoms with Crippen LogP contribution in [0.2, 0.25) is 0 Å². The number of hydrogen-bond acceptors (Lipinski definition) is 2. The Kier molecular flexibility index (Phi) is 6.30. The van der Waals surface area contributed by atoms with Crippen molar-refractivity contribution in [2.24, 2.45) is 5.41 Å². The van der Waals surface area contributed by atoms with Crippen molar-refractivity contribution in [2.45, 2.75) is 52.4 Å². The van der Waals surface area contributed by atoms with Crippen LogP contribution in [0.1, 0.15) is 49.7 Å². The molecule has 2 N–H and O–H groups in total. The molecule has 0 spiro atoms. The summed E-state index contributed by atoms with van der Waals surface area (Å²) in [5.41, 5.74) is 2.02. The molecule has 3 rings (SSSR count). The number of hydrogen-bond donors (Lipinski definition) is 2. The third-order valence-corrected chi connectivity index (χ3v) is 5.68. The number of carbonyl (C=O) groups excluding carboxylic acids is 2. The van der Waals surface area contributed by atoms with Gasteiger partial charge >= 0.3 is 0 Å². The summed E-state index contributed by atoms with van der Waals surface area (Å²) in [6, 6.07) is 8.53. The minimum Gasteiger partial charge on any atom is -0.326 e. The molecule has 0 unspecified atom stereocenters. The van der Waals surface area contributed by atoms with Gasteiger partial charge in [-0.25, -0.2) is 8.78 Å². The number of halogens is 2. The zero-order valence-corrected chi connectivity index (χ0v) is 16.8. The summed E-state index contributed by atoms with van der Waals surface area (Å²) in [6.45, 7) is 3.60. The van der Waals surface area contributed by atoms with Gasteiger partial charge in [-0.15, -0.1) is 0 Å². The lowest BCUT2D eigenvalue weighted by molar-refractivity contribution is -0.121. The van der Waals surface area contributed by atoms with E-state index in [1.165, 1.54) is 24.3 Å². The van der Waals surface area contributed by atoms with Crippen molar-refractivity contribution < 1.29 is 18.4 Å². The molecule has 4 nitrogen and oxygen atoms in total. The Bertz CT molecular complexity index is 852. The maximum absolute atomic E-state index is 13.5. The molecular formula is C23H26F2N2O2. The number of anilines is 2. The lowest BCUT2D eigenvalue weighted by Gasteiger charge is -2.28. The Morgan fingerprint density at radius 2 is 1.24 bits per heavy atom. The quantitative estimate of drug-likeness (QED) is 0.673. The van der Waals surface area contributed by atoms with Crippen LogP contribution in [0.3, 0.4) is 0 Å². The van der Waals surface area contributed by atoms with Crippen LogP contribution in [0, 0.1) is 30.9 Å². The van der Waals surface area contributed by atoms with Crippen LogP contribution in [-0.4, -0.2) is 11.8 Å². The Hall–Kier alpha value is -2.76. The molecule has 2 aromatic rings. The SMILES string of the molecule is Cc1ccc(F)cc1NC(=O)CC1(CC(=O)Nc2cc(F)ccc2C)CCCC1. The van der Waals surface area contributed by atoms with Gasteiger partial charge in [0.1, 0.15) is 11.6 Å². The molecule has 1 fully saturated rings. The van der Waals surface area contributed by atoms with Crippen LogP contribution in [0.4, 0.5) is 20.2 Å². The van der Waals surface area contributed by atoms with Crippen molar-refractivity contribution in [3.63, 3.8) is 0 Å². The third kappa shape index (κ3) is 5.40. The van der Waals surface area contributed by atoms with Crippen molar-refractivity contribution >= 4 is 23.2 Å². The van der Waals surface area contributed by atoms with E-state index in [1.807, 2.05) is 0 Å². The summed E-state index contributed by atoms with van der Waals surface area (Å²) in [7, 11) is 0. The highest BCUT2D eigenvalue weighted by Gasteiger charge is 2.38. The smallest absolute Gasteiger partial charge is 0.224 e. The monoisotopic (exact) mass is 400 g/mol. The lowest BCUT2D eigenvalue weighted by atomic mass is 9.79. The molecule has 2 amide bonds. The number of amides is 2. The van der Waals surface area contributed by atoms with Crippen LogP contribution < -0.4 is 10.6 Å². The van der Waals surface area contributed by atoms with Crippen molar-refractivity contribution in [1.29, 1.82) is 0 Å². The minimum absolute atomic E-state index is 0.193. The molecule has 29 heavy (non-hydrogen) atoms. The number of rotatable bonds is 6. The topological polar surface area (TPSA) is 58.2 Å². The van der Waals surface area contributed by atoms with Crippen LogP contribution in [-0.2, 0) is 9.59 Å². The Labute approximate surface area is 169 Å². The summed E-state index contributed by atoms with van der Waals surface area (Å²) < 4.78 is 27.0. The molecule has 0 bridgehead atoms. The van der Waals surface area contributed by atoms with Gasteiger partial charge in [-0.2, -0.15) is 0 Å². The maximum atomic E-state index is 13.5. The van der Waals surface area contributed by atoms with Crippen molar-refractivity contribution in [3.8, 4) is 0 Å². The van der Waals surface area contributed by atoms with Gasteiger partial charge in [-0.3, -0.25) is 9.59 Å². The number of nitrogens with one attached hydrogen (secondary N) is 2. The standard InChI is InChI=1S/C23H26F2N2O2/c1-15-5-7-17(24)11-19(15)26-21(28)13-23(9-3-4-10-23)14-22(29)27-20-12-18(25)8-6-16(20)2/h5-8,11-12H,3-4,9-10,13-14H2,1-2H3,(H,26,28)(H,27,29). The molecule has 154 valence electrons. The van der Waals surface area contributed by atoms with E-state index in [1.54, 1.807) is 26.0 Å². The van der Waals surface area contributed by atoms with Gasteiger partial charge in [0.15, 0.2) is 0 Å². The summed E-state index contributed by atoms with van der Waals surface area (Å²) in [5.74, 6) is -1.27. The molecule has 2 aromatic carbocycles. The van der Waals surface area contributed by atoms with Gasteiger partial charge in [0, 0.05) is 24.2 Å². The molecule has 0 atom stereocenters. The fourth-order valence-electron chi connectivity index (χ4n) is 4.07. The van der Waals surface area contributed by atoms with Crippen molar-refractivity contribution in [1.82, 2.24) is 0 Å². The van der Waals surface area contributed by atoms with Gasteiger partial charge in [-0.1, -0.05) is 25.0 Å². The van der Waals surface area contributed by atoms with Crippen molar-refractivity contribution in [3.05, 3.63) is 59.2 Å². The van der Waals surface area contributed by atoms with Crippen molar-refractivity contribution in [2.75, 3.05) is 10.6 Å². The maximum Gasteiger partial charge on any atom is 0.224 e. The lowest BCUT2D eigenvalue weighted by Crippen LogP contribution is -2.30. The molecule has 0 heterocycles. The van der Waals surface area contributed by atoms with E-state index < -0.39 is 17.0 Å². The van der Waals surface area contributed by atoms with E-state index in [2.05, 4.69) is 10.6 Å². The third-order valence-electron chi connectivity index (χ3n) is 5.68. The van der Waals surface area contributed by atoms with Gasteiger partial charge in [0.05, 0.1) is 0 Å². The summed E-state index contributed by atoms with van der Waals surface area (Å²) in [6.07, 6.45) is 3.85. The molecule has 0 radical (unpaired) electrons. The van der Waals surface area contributed by atoms with E-state index in [0.29, 0.717) is 11.4 Å². The predicted molar refractivity (Wildman–Crippen MR) is 110 cm³/mol. The van der Waals surface area contributed by atoms with Gasteiger partial charge < -0.3 is 10.6 Å². The van der Waals surface area contributed by atoms with E-state index in [4.69, 9.17) is 0 Å². The summed E-state index contributed by atoms with van der Waals surface area (Å²) in [4.78, 5) is 25.3.